The van der Waals surface area contributed by atoms with Crippen molar-refractivity contribution < 1.29 is 5.11 Å². The third-order valence-electron chi connectivity index (χ3n) is 5.68. The van der Waals surface area contributed by atoms with Crippen LogP contribution in [-0.4, -0.2) is 48.7 Å². The molecule has 1 N–H and O–H groups in total. The highest BCUT2D eigenvalue weighted by Gasteiger charge is 2.18. The van der Waals surface area contributed by atoms with Crippen LogP contribution >= 0.6 is 0 Å². The van der Waals surface area contributed by atoms with Crippen LogP contribution in [0.25, 0.3) is 27.8 Å². The van der Waals surface area contributed by atoms with Gasteiger partial charge in [0.05, 0.1) is 24.0 Å². The second-order valence-corrected chi connectivity index (χ2v) is 7.79. The zero-order valence-electron chi connectivity index (χ0n) is 16.7. The first-order valence-corrected chi connectivity index (χ1v) is 9.95. The molecule has 7 heteroatoms. The fourth-order valence-electron chi connectivity index (χ4n) is 4.05. The van der Waals surface area contributed by atoms with Gasteiger partial charge in [0.25, 0.3) is 0 Å². The number of pyridine rings is 2. The summed E-state index contributed by atoms with van der Waals surface area (Å²) in [5.41, 5.74) is 6.51. The van der Waals surface area contributed by atoms with Gasteiger partial charge in [-0.3, -0.25) is 4.68 Å². The lowest BCUT2D eigenvalue weighted by molar-refractivity contribution is 0.145. The molecule has 0 radical (unpaired) electrons. The Balaban J connectivity index is 1.56. The Labute approximate surface area is 169 Å². The van der Waals surface area contributed by atoms with Crippen molar-refractivity contribution in [3.05, 3.63) is 54.7 Å². The summed E-state index contributed by atoms with van der Waals surface area (Å²) in [7, 11) is 1.92. The summed E-state index contributed by atoms with van der Waals surface area (Å²) >= 11 is 0. The summed E-state index contributed by atoms with van der Waals surface area (Å²) in [5.74, 6) is 0.963. The molecule has 148 valence electrons. The summed E-state index contributed by atoms with van der Waals surface area (Å²) in [6.45, 7) is 3.77. The highest BCUT2D eigenvalue weighted by Crippen LogP contribution is 2.32. The molecule has 0 aliphatic carbocycles. The van der Waals surface area contributed by atoms with Crippen molar-refractivity contribution in [3.8, 4) is 22.3 Å². The third-order valence-corrected chi connectivity index (χ3v) is 5.68. The molecule has 1 aliphatic rings. The number of fused-ring (bicyclic) bond motifs is 1. The summed E-state index contributed by atoms with van der Waals surface area (Å²) in [4.78, 5) is 6.97. The average Bonchev–Trinajstić information content (AvgIpc) is 3.34. The Bertz CT molecular complexity index is 1150. The zero-order valence-corrected chi connectivity index (χ0v) is 16.7. The SMILES string of the molecule is Cc1cnn2cc(-c3cnn(C)c3)cc(-c3ccc(N4CCC(O)CC4)nc3)c12. The first-order valence-electron chi connectivity index (χ1n) is 9.95. The van der Waals surface area contributed by atoms with Crippen LogP contribution < -0.4 is 4.90 Å². The van der Waals surface area contributed by atoms with Gasteiger partial charge in [-0.15, -0.1) is 0 Å². The Morgan fingerprint density at radius 1 is 0.966 bits per heavy atom. The summed E-state index contributed by atoms with van der Waals surface area (Å²) < 4.78 is 3.74. The summed E-state index contributed by atoms with van der Waals surface area (Å²) in [6.07, 6.45) is 11.2. The molecule has 29 heavy (non-hydrogen) atoms. The molecule has 5 heterocycles. The molecule has 5 rings (SSSR count). The van der Waals surface area contributed by atoms with Gasteiger partial charge in [0.2, 0.25) is 0 Å². The van der Waals surface area contributed by atoms with Crippen molar-refractivity contribution in [1.82, 2.24) is 24.4 Å². The molecule has 0 unspecified atom stereocenters. The van der Waals surface area contributed by atoms with Crippen molar-refractivity contribution in [2.24, 2.45) is 7.05 Å². The van der Waals surface area contributed by atoms with Crippen LogP contribution in [0.5, 0.6) is 0 Å². The Morgan fingerprint density at radius 2 is 1.79 bits per heavy atom. The number of hydrogen-bond acceptors (Lipinski definition) is 5. The number of nitrogens with zero attached hydrogens (tertiary/aromatic N) is 6. The van der Waals surface area contributed by atoms with Crippen LogP contribution in [0.3, 0.4) is 0 Å². The fraction of sp³-hybridized carbons (Fsp3) is 0.318. The van der Waals surface area contributed by atoms with Crippen LogP contribution in [0.2, 0.25) is 0 Å². The van der Waals surface area contributed by atoms with Gasteiger partial charge in [0, 0.05) is 61.0 Å². The topological polar surface area (TPSA) is 71.5 Å². The van der Waals surface area contributed by atoms with Crippen molar-refractivity contribution in [1.29, 1.82) is 0 Å². The highest BCUT2D eigenvalue weighted by molar-refractivity contribution is 5.86. The maximum Gasteiger partial charge on any atom is 0.128 e. The van der Waals surface area contributed by atoms with E-state index in [2.05, 4.69) is 40.2 Å². The van der Waals surface area contributed by atoms with Gasteiger partial charge in [-0.1, -0.05) is 0 Å². The lowest BCUT2D eigenvalue weighted by atomic mass is 10.0. The second-order valence-electron chi connectivity index (χ2n) is 7.79. The van der Waals surface area contributed by atoms with E-state index in [0.29, 0.717) is 0 Å². The van der Waals surface area contributed by atoms with Crippen molar-refractivity contribution in [2.75, 3.05) is 18.0 Å². The molecule has 0 aromatic carbocycles. The van der Waals surface area contributed by atoms with E-state index >= 15 is 0 Å². The molecular weight excluding hydrogens is 364 g/mol. The molecule has 0 bridgehead atoms. The second kappa shape index (κ2) is 7.00. The number of aliphatic hydroxyl groups is 1. The number of aryl methyl sites for hydroxylation is 2. The standard InChI is InChI=1S/C22H24N6O/c1-15-10-25-28-14-17(18-12-24-26(2)13-18)9-20(22(15)28)16-3-4-21(23-11-16)27-7-5-19(29)6-8-27/h3-4,9-14,19,29H,5-8H2,1-2H3. The molecule has 0 saturated carbocycles. The van der Waals surface area contributed by atoms with Gasteiger partial charge in [-0.25, -0.2) is 9.50 Å². The maximum atomic E-state index is 9.73. The van der Waals surface area contributed by atoms with Gasteiger partial charge in [0.1, 0.15) is 5.82 Å². The van der Waals surface area contributed by atoms with Gasteiger partial charge < -0.3 is 10.0 Å². The minimum Gasteiger partial charge on any atom is -0.393 e. The van der Waals surface area contributed by atoms with E-state index in [1.54, 1.807) is 4.68 Å². The zero-order chi connectivity index (χ0) is 20.0. The number of rotatable bonds is 3. The molecule has 1 aliphatic heterocycles. The lowest BCUT2D eigenvalue weighted by Gasteiger charge is -2.30. The molecule has 0 atom stereocenters. The van der Waals surface area contributed by atoms with E-state index in [1.165, 1.54) is 0 Å². The first kappa shape index (κ1) is 17.9. The molecule has 4 aromatic heterocycles. The molecule has 1 saturated heterocycles. The van der Waals surface area contributed by atoms with Crippen molar-refractivity contribution in [3.63, 3.8) is 0 Å². The van der Waals surface area contributed by atoms with Crippen molar-refractivity contribution >= 4 is 11.3 Å². The Morgan fingerprint density at radius 3 is 2.48 bits per heavy atom. The van der Waals surface area contributed by atoms with Gasteiger partial charge >= 0.3 is 0 Å². The lowest BCUT2D eigenvalue weighted by Crippen LogP contribution is -2.36. The largest absolute Gasteiger partial charge is 0.393 e. The van der Waals surface area contributed by atoms with Crippen molar-refractivity contribution in [2.45, 2.75) is 25.9 Å². The van der Waals surface area contributed by atoms with E-state index in [9.17, 15) is 5.11 Å². The monoisotopic (exact) mass is 388 g/mol. The Hall–Kier alpha value is -3.19. The minimum atomic E-state index is -0.182. The normalized spacial score (nSPS) is 15.3. The molecule has 7 nitrogen and oxygen atoms in total. The fourth-order valence-corrected chi connectivity index (χ4v) is 4.05. The molecule has 1 fully saturated rings. The number of aliphatic hydroxyl groups excluding tert-OH is 1. The highest BCUT2D eigenvalue weighted by atomic mass is 16.3. The predicted molar refractivity (Wildman–Crippen MR) is 113 cm³/mol. The number of aromatic nitrogens is 5. The van der Waals surface area contributed by atoms with E-state index < -0.39 is 0 Å². The first-order chi connectivity index (χ1) is 14.1. The van der Waals surface area contributed by atoms with Crippen LogP contribution in [-0.2, 0) is 7.05 Å². The van der Waals surface area contributed by atoms with Crippen LogP contribution in [0.4, 0.5) is 5.82 Å². The molecular formula is C22H24N6O. The number of anilines is 1. The average molecular weight is 388 g/mol. The van der Waals surface area contributed by atoms with Gasteiger partial charge in [-0.2, -0.15) is 10.2 Å². The molecule has 4 aromatic rings. The van der Waals surface area contributed by atoms with Gasteiger partial charge in [0.15, 0.2) is 0 Å². The van der Waals surface area contributed by atoms with E-state index in [4.69, 9.17) is 4.98 Å². The summed E-state index contributed by atoms with van der Waals surface area (Å²) in [6, 6.07) is 6.39. The Kier molecular flexibility index (Phi) is 4.32. The van der Waals surface area contributed by atoms with Crippen LogP contribution in [0.15, 0.2) is 49.2 Å². The maximum absolute atomic E-state index is 9.73. The number of hydrogen-bond donors (Lipinski definition) is 1. The third kappa shape index (κ3) is 3.27. The predicted octanol–water partition coefficient (Wildman–Crippen LogP) is 3.07. The molecule has 0 spiro atoms. The smallest absolute Gasteiger partial charge is 0.128 e. The quantitative estimate of drug-likeness (QED) is 0.584. The van der Waals surface area contributed by atoms with Gasteiger partial charge in [-0.05, 0) is 43.5 Å². The van der Waals surface area contributed by atoms with Crippen LogP contribution in [0.1, 0.15) is 18.4 Å². The number of piperidine rings is 1. The summed E-state index contributed by atoms with van der Waals surface area (Å²) in [5, 5.41) is 18.6. The van der Waals surface area contributed by atoms with E-state index in [1.807, 2.05) is 42.5 Å². The van der Waals surface area contributed by atoms with Crippen LogP contribution in [0, 0.1) is 6.92 Å². The minimum absolute atomic E-state index is 0.182. The van der Waals surface area contributed by atoms with E-state index in [-0.39, 0.29) is 6.10 Å². The van der Waals surface area contributed by atoms with E-state index in [0.717, 1.165) is 65.1 Å². The molecule has 0 amide bonds.